The van der Waals surface area contributed by atoms with Gasteiger partial charge < -0.3 is 24.8 Å². The minimum absolute atomic E-state index is 0.129. The topological polar surface area (TPSA) is 66.3 Å². The third-order valence-corrected chi connectivity index (χ3v) is 4.03. The molecule has 0 aromatic carbocycles. The van der Waals surface area contributed by atoms with E-state index in [1.807, 2.05) is 7.05 Å². The van der Waals surface area contributed by atoms with Gasteiger partial charge in [-0.05, 0) is 25.7 Å². The van der Waals surface area contributed by atoms with Crippen molar-refractivity contribution >= 4 is 5.96 Å². The molecule has 1 heterocycles. The van der Waals surface area contributed by atoms with Crippen LogP contribution in [0.15, 0.2) is 4.99 Å². The number of hydrogen-bond donors (Lipinski definition) is 2. The first-order valence-electron chi connectivity index (χ1n) is 7.95. The highest BCUT2D eigenvalue weighted by atomic mass is 16.5. The highest BCUT2D eigenvalue weighted by Crippen LogP contribution is 2.28. The first-order chi connectivity index (χ1) is 10.2. The molecule has 0 amide bonds. The van der Waals surface area contributed by atoms with Crippen molar-refractivity contribution in [1.29, 1.82) is 0 Å². The lowest BCUT2D eigenvalue weighted by Gasteiger charge is -2.38. The smallest absolute Gasteiger partial charge is 0.193 e. The van der Waals surface area contributed by atoms with Crippen molar-refractivity contribution in [3.8, 4) is 0 Å². The summed E-state index contributed by atoms with van der Waals surface area (Å²) in [7, 11) is 2.02. The lowest BCUT2D eigenvalue weighted by Crippen LogP contribution is -2.49. The van der Waals surface area contributed by atoms with Crippen LogP contribution in [0.1, 0.15) is 19.8 Å². The summed E-state index contributed by atoms with van der Waals surface area (Å²) in [4.78, 5) is 6.72. The summed E-state index contributed by atoms with van der Waals surface area (Å²) in [6.45, 7) is 7.25. The maximum Gasteiger partial charge on any atom is 0.193 e. The number of aliphatic hydroxyl groups excluding tert-OH is 1. The summed E-state index contributed by atoms with van der Waals surface area (Å²) in [5.74, 6) is 1.67. The number of aliphatic imine (C=N–C) groups is 1. The largest absolute Gasteiger partial charge is 0.396 e. The number of hydrogen-bond acceptors (Lipinski definition) is 4. The molecule has 0 aromatic heterocycles. The minimum Gasteiger partial charge on any atom is -0.396 e. The molecule has 1 saturated heterocycles. The molecule has 1 aliphatic heterocycles. The van der Waals surface area contributed by atoms with Crippen LogP contribution in [0, 0.1) is 11.3 Å². The fourth-order valence-corrected chi connectivity index (χ4v) is 2.18. The van der Waals surface area contributed by atoms with Crippen molar-refractivity contribution in [3.63, 3.8) is 0 Å². The van der Waals surface area contributed by atoms with E-state index in [1.165, 1.54) is 12.8 Å². The number of guanidine groups is 1. The van der Waals surface area contributed by atoms with Gasteiger partial charge in [0.05, 0.1) is 38.4 Å². The Morgan fingerprint density at radius 2 is 2.24 bits per heavy atom. The van der Waals surface area contributed by atoms with E-state index < -0.39 is 0 Å². The zero-order valence-electron chi connectivity index (χ0n) is 13.3. The molecule has 1 aliphatic carbocycles. The molecular weight excluding hydrogens is 270 g/mol. The summed E-state index contributed by atoms with van der Waals surface area (Å²) in [5.41, 5.74) is -0.177. The molecule has 2 rings (SSSR count). The van der Waals surface area contributed by atoms with Crippen LogP contribution in [0.2, 0.25) is 0 Å². The van der Waals surface area contributed by atoms with Gasteiger partial charge in [-0.3, -0.25) is 4.99 Å². The van der Waals surface area contributed by atoms with Crippen molar-refractivity contribution in [1.82, 2.24) is 10.2 Å². The molecule has 122 valence electrons. The lowest BCUT2D eigenvalue weighted by molar-refractivity contribution is -0.130. The molecule has 0 aromatic rings. The van der Waals surface area contributed by atoms with Gasteiger partial charge >= 0.3 is 0 Å². The Kier molecular flexibility index (Phi) is 6.26. The van der Waals surface area contributed by atoms with Gasteiger partial charge in [-0.2, -0.15) is 0 Å². The van der Waals surface area contributed by atoms with Crippen molar-refractivity contribution in [2.24, 2.45) is 16.3 Å². The molecular formula is C15H29N3O3. The second-order valence-electron chi connectivity index (χ2n) is 6.26. The molecule has 2 fully saturated rings. The zero-order chi connectivity index (χ0) is 15.1. The highest BCUT2D eigenvalue weighted by molar-refractivity contribution is 5.79. The average molecular weight is 299 g/mol. The highest BCUT2D eigenvalue weighted by Gasteiger charge is 2.38. The number of rotatable bonds is 9. The molecule has 2 aliphatic rings. The van der Waals surface area contributed by atoms with Crippen LogP contribution in [-0.4, -0.2) is 75.7 Å². The Balaban J connectivity index is 1.74. The molecule has 0 spiro atoms. The number of aliphatic hydroxyl groups is 1. The van der Waals surface area contributed by atoms with Crippen LogP contribution in [0.3, 0.4) is 0 Å². The van der Waals surface area contributed by atoms with Crippen LogP contribution >= 0.6 is 0 Å². The van der Waals surface area contributed by atoms with E-state index in [1.54, 1.807) is 0 Å². The lowest BCUT2D eigenvalue weighted by atomic mass is 9.87. The van der Waals surface area contributed by atoms with Crippen molar-refractivity contribution < 1.29 is 14.6 Å². The average Bonchev–Trinajstić information content (AvgIpc) is 3.25. The minimum atomic E-state index is -0.177. The van der Waals surface area contributed by atoms with Crippen molar-refractivity contribution in [2.45, 2.75) is 19.8 Å². The van der Waals surface area contributed by atoms with Crippen LogP contribution in [-0.2, 0) is 9.47 Å². The Hall–Kier alpha value is -0.850. The summed E-state index contributed by atoms with van der Waals surface area (Å²) >= 11 is 0. The van der Waals surface area contributed by atoms with Crippen LogP contribution < -0.4 is 5.32 Å². The SMILES string of the molecule is CCNC(=NCC1(CO)COC1)N(C)CCOCC1CC1. The van der Waals surface area contributed by atoms with E-state index in [0.717, 1.165) is 38.2 Å². The predicted octanol–water partition coefficient (Wildman–Crippen LogP) is 0.319. The molecule has 2 N–H and O–H groups in total. The van der Waals surface area contributed by atoms with Crippen LogP contribution in [0.25, 0.3) is 0 Å². The van der Waals surface area contributed by atoms with E-state index in [4.69, 9.17) is 9.47 Å². The molecule has 1 saturated carbocycles. The quantitative estimate of drug-likeness (QED) is 0.365. The van der Waals surface area contributed by atoms with Gasteiger partial charge in [0.15, 0.2) is 5.96 Å². The third kappa shape index (κ3) is 5.13. The Labute approximate surface area is 127 Å². The molecule has 0 atom stereocenters. The number of nitrogens with one attached hydrogen (secondary N) is 1. The summed E-state index contributed by atoms with van der Waals surface area (Å²) in [5, 5.41) is 12.7. The summed E-state index contributed by atoms with van der Waals surface area (Å²) < 4.78 is 10.9. The number of nitrogens with zero attached hydrogens (tertiary/aromatic N) is 2. The first kappa shape index (κ1) is 16.5. The monoisotopic (exact) mass is 299 g/mol. The van der Waals surface area contributed by atoms with E-state index in [-0.39, 0.29) is 12.0 Å². The van der Waals surface area contributed by atoms with Crippen molar-refractivity contribution in [3.05, 3.63) is 0 Å². The van der Waals surface area contributed by atoms with E-state index in [0.29, 0.717) is 19.8 Å². The van der Waals surface area contributed by atoms with Crippen LogP contribution in [0.5, 0.6) is 0 Å². The van der Waals surface area contributed by atoms with Gasteiger partial charge in [0.25, 0.3) is 0 Å². The zero-order valence-corrected chi connectivity index (χ0v) is 13.3. The maximum absolute atomic E-state index is 9.45. The maximum atomic E-state index is 9.45. The fraction of sp³-hybridized carbons (Fsp3) is 0.933. The van der Waals surface area contributed by atoms with Crippen molar-refractivity contribution in [2.75, 3.05) is 59.7 Å². The Bertz CT molecular complexity index is 336. The van der Waals surface area contributed by atoms with Crippen LogP contribution in [0.4, 0.5) is 0 Å². The first-order valence-corrected chi connectivity index (χ1v) is 7.95. The normalized spacial score (nSPS) is 21.0. The molecule has 6 nitrogen and oxygen atoms in total. The van der Waals surface area contributed by atoms with Gasteiger partial charge in [-0.1, -0.05) is 0 Å². The van der Waals surface area contributed by atoms with E-state index >= 15 is 0 Å². The molecule has 0 radical (unpaired) electrons. The Morgan fingerprint density at radius 3 is 2.76 bits per heavy atom. The standard InChI is InChI=1S/C15H29N3O3/c1-3-16-14(17-9-15(10-19)11-21-12-15)18(2)6-7-20-8-13-4-5-13/h13,19H,3-12H2,1-2H3,(H,16,17). The number of ether oxygens (including phenoxy) is 2. The van der Waals surface area contributed by atoms with Gasteiger partial charge in [-0.25, -0.2) is 0 Å². The van der Waals surface area contributed by atoms with Gasteiger partial charge in [0, 0.05) is 26.7 Å². The molecule has 0 bridgehead atoms. The molecule has 21 heavy (non-hydrogen) atoms. The molecule has 6 heteroatoms. The summed E-state index contributed by atoms with van der Waals surface area (Å²) in [6, 6.07) is 0. The Morgan fingerprint density at radius 1 is 1.48 bits per heavy atom. The number of likely N-dealkylation sites (N-methyl/N-ethyl adjacent to an activating group) is 1. The molecule has 0 unspecified atom stereocenters. The predicted molar refractivity (Wildman–Crippen MR) is 82.5 cm³/mol. The summed E-state index contributed by atoms with van der Waals surface area (Å²) in [6.07, 6.45) is 2.65. The van der Waals surface area contributed by atoms with Gasteiger partial charge in [-0.15, -0.1) is 0 Å². The van der Waals surface area contributed by atoms with E-state index in [2.05, 4.69) is 22.1 Å². The van der Waals surface area contributed by atoms with Gasteiger partial charge in [0.1, 0.15) is 0 Å². The van der Waals surface area contributed by atoms with Gasteiger partial charge in [0.2, 0.25) is 0 Å². The third-order valence-electron chi connectivity index (χ3n) is 4.03. The second kappa shape index (κ2) is 7.96. The second-order valence-corrected chi connectivity index (χ2v) is 6.26. The van der Waals surface area contributed by atoms with E-state index in [9.17, 15) is 5.11 Å². The fourth-order valence-electron chi connectivity index (χ4n) is 2.18.